The van der Waals surface area contributed by atoms with Crippen LogP contribution in [0.4, 0.5) is 17.6 Å². The average Bonchev–Trinajstić information content (AvgIpc) is 2.26. The number of aromatic nitrogens is 1. The first-order valence-corrected chi connectivity index (χ1v) is 5.04. The molecule has 0 radical (unpaired) electrons. The van der Waals surface area contributed by atoms with Crippen molar-refractivity contribution in [2.24, 2.45) is 0 Å². The molecule has 0 aliphatic rings. The zero-order chi connectivity index (χ0) is 13.5. The van der Waals surface area contributed by atoms with Crippen molar-refractivity contribution in [3.63, 3.8) is 0 Å². The van der Waals surface area contributed by atoms with Crippen LogP contribution in [0.15, 0.2) is 24.4 Å². The van der Waals surface area contributed by atoms with Crippen molar-refractivity contribution in [2.75, 3.05) is 0 Å². The molecule has 2 aromatic rings. The first-order valence-electron chi connectivity index (χ1n) is 4.66. The maximum absolute atomic E-state index is 12.8. The minimum atomic E-state index is -4.55. The second-order valence-corrected chi connectivity index (χ2v) is 3.90. The molecule has 18 heavy (non-hydrogen) atoms. The monoisotopic (exact) mass is 277 g/mol. The van der Waals surface area contributed by atoms with Crippen LogP contribution in [0.2, 0.25) is 5.02 Å². The fraction of sp³-hybridized carbons (Fsp3) is 0.0909. The first kappa shape index (κ1) is 12.8. The van der Waals surface area contributed by atoms with Crippen molar-refractivity contribution >= 4 is 28.5 Å². The summed E-state index contributed by atoms with van der Waals surface area (Å²) >= 11 is 5.60. The van der Waals surface area contributed by atoms with Gasteiger partial charge in [0.1, 0.15) is 0 Å². The van der Waals surface area contributed by atoms with Crippen molar-refractivity contribution in [1.82, 2.24) is 4.98 Å². The third-order valence-electron chi connectivity index (χ3n) is 2.33. The number of hydrogen-bond acceptors (Lipinski definition) is 2. The average molecular weight is 278 g/mol. The van der Waals surface area contributed by atoms with Crippen LogP contribution in [0, 0.1) is 0 Å². The molecule has 1 heterocycles. The predicted octanol–water partition coefficient (Wildman–Crippen LogP) is 4.02. The van der Waals surface area contributed by atoms with Crippen molar-refractivity contribution in [3.05, 3.63) is 40.5 Å². The molecule has 0 aliphatic heterocycles. The normalized spacial score (nSPS) is 11.8. The molecule has 2 nitrogen and oxygen atoms in total. The maximum Gasteiger partial charge on any atom is 0.417 e. The minimum Gasteiger partial charge on any atom is -0.255 e. The number of fused-ring (bicyclic) bond motifs is 1. The van der Waals surface area contributed by atoms with Gasteiger partial charge in [-0.05, 0) is 12.1 Å². The lowest BCUT2D eigenvalue weighted by molar-refractivity contribution is -0.137. The lowest BCUT2D eigenvalue weighted by Crippen LogP contribution is -2.06. The van der Waals surface area contributed by atoms with E-state index in [-0.39, 0.29) is 15.9 Å². The molecule has 0 bridgehead atoms. The number of nitrogens with zero attached hydrogens (tertiary/aromatic N) is 1. The molecule has 0 saturated heterocycles. The van der Waals surface area contributed by atoms with E-state index in [4.69, 9.17) is 11.6 Å². The molecule has 0 amide bonds. The van der Waals surface area contributed by atoms with Gasteiger partial charge in [-0.1, -0.05) is 17.7 Å². The number of rotatable bonds is 1. The highest BCUT2D eigenvalue weighted by Crippen LogP contribution is 2.32. The molecular weight excluding hydrogens is 274 g/mol. The van der Waals surface area contributed by atoms with Gasteiger partial charge in [0.05, 0.1) is 21.7 Å². The van der Waals surface area contributed by atoms with Crippen LogP contribution in [-0.2, 0) is 6.18 Å². The Morgan fingerprint density at radius 1 is 1.28 bits per heavy atom. The number of pyridine rings is 1. The number of alkyl halides is 3. The van der Waals surface area contributed by atoms with Crippen LogP contribution < -0.4 is 0 Å². The first-order chi connectivity index (χ1) is 8.30. The van der Waals surface area contributed by atoms with E-state index < -0.39 is 23.3 Å². The van der Waals surface area contributed by atoms with Gasteiger partial charge in [0.15, 0.2) is 0 Å². The lowest BCUT2D eigenvalue weighted by Gasteiger charge is -2.08. The lowest BCUT2D eigenvalue weighted by atomic mass is 10.1. The van der Waals surface area contributed by atoms with Crippen LogP contribution in [0.1, 0.15) is 15.9 Å². The second kappa shape index (κ2) is 4.20. The summed E-state index contributed by atoms with van der Waals surface area (Å²) in [6.07, 6.45) is -4.02. The summed E-state index contributed by atoms with van der Waals surface area (Å²) in [7, 11) is 0. The maximum atomic E-state index is 12.8. The van der Waals surface area contributed by atoms with Gasteiger partial charge in [-0.3, -0.25) is 9.78 Å². The number of carbonyl (C=O) groups is 1. The second-order valence-electron chi connectivity index (χ2n) is 3.49. The fourth-order valence-electron chi connectivity index (χ4n) is 1.52. The van der Waals surface area contributed by atoms with Crippen molar-refractivity contribution in [1.29, 1.82) is 0 Å². The summed E-state index contributed by atoms with van der Waals surface area (Å²) in [6.45, 7) is 0. The summed E-state index contributed by atoms with van der Waals surface area (Å²) in [6, 6.07) is 1.34. The molecule has 0 N–H and O–H groups in total. The number of hydrogen-bond donors (Lipinski definition) is 0. The van der Waals surface area contributed by atoms with Crippen LogP contribution in [0.3, 0.4) is 0 Å². The molecule has 0 unspecified atom stereocenters. The van der Waals surface area contributed by atoms with E-state index in [9.17, 15) is 22.4 Å². The van der Waals surface area contributed by atoms with E-state index >= 15 is 0 Å². The van der Waals surface area contributed by atoms with E-state index in [2.05, 4.69) is 4.98 Å². The molecule has 1 aromatic carbocycles. The topological polar surface area (TPSA) is 30.0 Å². The highest BCUT2D eigenvalue weighted by Gasteiger charge is 2.31. The highest BCUT2D eigenvalue weighted by atomic mass is 35.5. The van der Waals surface area contributed by atoms with Gasteiger partial charge in [-0.15, -0.1) is 0 Å². The largest absolute Gasteiger partial charge is 0.417 e. The van der Waals surface area contributed by atoms with Crippen LogP contribution in [0.5, 0.6) is 0 Å². The SMILES string of the molecule is O=C(F)c1c(Cl)ccc2cc(C(F)(F)F)cnc12. The Morgan fingerprint density at radius 2 is 1.94 bits per heavy atom. The third-order valence-corrected chi connectivity index (χ3v) is 2.64. The number of carbonyl (C=O) groups excluding carboxylic acids is 1. The van der Waals surface area contributed by atoms with Crippen LogP contribution in [0.25, 0.3) is 10.9 Å². The predicted molar refractivity (Wildman–Crippen MR) is 57.2 cm³/mol. The number of benzene rings is 1. The van der Waals surface area contributed by atoms with Gasteiger partial charge >= 0.3 is 12.2 Å². The number of halogens is 5. The molecule has 94 valence electrons. The highest BCUT2D eigenvalue weighted by molar-refractivity contribution is 6.35. The molecule has 1 aromatic heterocycles. The van der Waals surface area contributed by atoms with Crippen LogP contribution in [-0.4, -0.2) is 11.0 Å². The van der Waals surface area contributed by atoms with E-state index in [1.54, 1.807) is 0 Å². The summed E-state index contributed by atoms with van der Waals surface area (Å²) in [4.78, 5) is 14.2. The Kier molecular flexibility index (Phi) is 2.98. The summed E-state index contributed by atoms with van der Waals surface area (Å²) < 4.78 is 50.1. The van der Waals surface area contributed by atoms with E-state index in [1.165, 1.54) is 6.07 Å². The van der Waals surface area contributed by atoms with Gasteiger partial charge in [0.2, 0.25) is 0 Å². The Morgan fingerprint density at radius 3 is 2.50 bits per heavy atom. The zero-order valence-corrected chi connectivity index (χ0v) is 9.31. The van der Waals surface area contributed by atoms with Gasteiger partial charge in [-0.25, -0.2) is 0 Å². The standard InChI is InChI=1S/C11H4ClF4NO/c12-7-2-1-5-3-6(11(14,15)16)4-17-9(5)8(7)10(13)18/h1-4H. The fourth-order valence-corrected chi connectivity index (χ4v) is 1.75. The Balaban J connectivity index is 2.75. The molecule has 0 aliphatic carbocycles. The molecule has 2 rings (SSSR count). The van der Waals surface area contributed by atoms with E-state index in [0.717, 1.165) is 12.1 Å². The third kappa shape index (κ3) is 2.15. The van der Waals surface area contributed by atoms with Gasteiger partial charge in [0, 0.05) is 11.6 Å². The van der Waals surface area contributed by atoms with Gasteiger partial charge in [-0.2, -0.15) is 17.6 Å². The quantitative estimate of drug-likeness (QED) is 0.582. The molecule has 0 fully saturated rings. The summed E-state index contributed by atoms with van der Waals surface area (Å²) in [5.41, 5.74) is -1.69. The van der Waals surface area contributed by atoms with Gasteiger partial charge < -0.3 is 0 Å². The molecule has 0 saturated carbocycles. The minimum absolute atomic E-state index is 0.00442. The molecule has 0 atom stereocenters. The summed E-state index contributed by atoms with van der Waals surface area (Å²) in [5.74, 6) is 0. The Labute approximate surface area is 103 Å². The van der Waals surface area contributed by atoms with E-state index in [0.29, 0.717) is 6.20 Å². The molecule has 7 heteroatoms. The molecule has 0 spiro atoms. The summed E-state index contributed by atoms with van der Waals surface area (Å²) in [5, 5.41) is -0.197. The van der Waals surface area contributed by atoms with Crippen molar-refractivity contribution in [2.45, 2.75) is 6.18 Å². The Bertz CT molecular complexity index is 639. The zero-order valence-electron chi connectivity index (χ0n) is 8.55. The Hall–Kier alpha value is -1.69. The van der Waals surface area contributed by atoms with Crippen LogP contribution >= 0.6 is 11.6 Å². The van der Waals surface area contributed by atoms with Gasteiger partial charge in [0.25, 0.3) is 0 Å². The van der Waals surface area contributed by atoms with E-state index in [1.807, 2.05) is 0 Å². The smallest absolute Gasteiger partial charge is 0.255 e. The van der Waals surface area contributed by atoms with Crippen molar-refractivity contribution in [3.8, 4) is 0 Å². The van der Waals surface area contributed by atoms with Crippen molar-refractivity contribution < 1.29 is 22.4 Å². The molecular formula is C11H4ClF4NO.